The molecule has 0 radical (unpaired) electrons. The van der Waals surface area contributed by atoms with E-state index in [1.807, 2.05) is 42.5 Å². The number of aryl methyl sites for hydroxylation is 1. The molecular weight excluding hydrogens is 312 g/mol. The van der Waals surface area contributed by atoms with Crippen molar-refractivity contribution in [2.45, 2.75) is 25.4 Å². The van der Waals surface area contributed by atoms with E-state index in [0.29, 0.717) is 11.4 Å². The lowest BCUT2D eigenvalue weighted by atomic mass is 10.1. The monoisotopic (exact) mass is 328 g/mol. The fourth-order valence-electron chi connectivity index (χ4n) is 2.70. The van der Waals surface area contributed by atoms with Crippen molar-refractivity contribution in [3.63, 3.8) is 0 Å². The van der Waals surface area contributed by atoms with E-state index < -0.39 is 6.04 Å². The van der Waals surface area contributed by atoms with Crippen LogP contribution in [0.1, 0.15) is 17.5 Å². The standard InChI is InChI=1S/C18H17ClN2O2/c19-15-8-4-7-14(11-15)12-21-17(22)16(20-18(21)23)10-9-13-5-2-1-3-6-13/h1-8,11,16H,9-10,12H2,(H,20,23)/t16-/m0/s1. The zero-order valence-electron chi connectivity index (χ0n) is 12.5. The normalized spacial score (nSPS) is 17.4. The fraction of sp³-hybridized carbons (Fsp3) is 0.222. The van der Waals surface area contributed by atoms with Gasteiger partial charge in [0.2, 0.25) is 0 Å². The highest BCUT2D eigenvalue weighted by Gasteiger charge is 2.37. The first-order valence-electron chi connectivity index (χ1n) is 7.54. The van der Waals surface area contributed by atoms with Crippen LogP contribution < -0.4 is 5.32 Å². The lowest BCUT2D eigenvalue weighted by molar-refractivity contribution is -0.128. The maximum atomic E-state index is 12.4. The molecule has 1 aliphatic rings. The Labute approximate surface area is 140 Å². The lowest BCUT2D eigenvalue weighted by Crippen LogP contribution is -2.31. The maximum Gasteiger partial charge on any atom is 0.325 e. The van der Waals surface area contributed by atoms with Crippen molar-refractivity contribution in [2.24, 2.45) is 0 Å². The van der Waals surface area contributed by atoms with Crippen LogP contribution in [0, 0.1) is 0 Å². The zero-order valence-corrected chi connectivity index (χ0v) is 13.3. The molecule has 1 fully saturated rings. The van der Waals surface area contributed by atoms with Gasteiger partial charge in [-0.05, 0) is 36.1 Å². The highest BCUT2D eigenvalue weighted by atomic mass is 35.5. The molecule has 3 amide bonds. The van der Waals surface area contributed by atoms with E-state index in [2.05, 4.69) is 5.32 Å². The Morgan fingerprint density at radius 1 is 1.00 bits per heavy atom. The number of carbonyl (C=O) groups is 2. The number of carbonyl (C=O) groups excluding carboxylic acids is 2. The quantitative estimate of drug-likeness (QED) is 0.855. The molecule has 5 heteroatoms. The minimum Gasteiger partial charge on any atom is -0.326 e. The van der Waals surface area contributed by atoms with Gasteiger partial charge in [-0.15, -0.1) is 0 Å². The van der Waals surface area contributed by atoms with Gasteiger partial charge in [-0.2, -0.15) is 0 Å². The number of hydrogen-bond acceptors (Lipinski definition) is 2. The summed E-state index contributed by atoms with van der Waals surface area (Å²) in [5.41, 5.74) is 1.99. The lowest BCUT2D eigenvalue weighted by Gasteiger charge is -2.13. The number of rotatable bonds is 5. The van der Waals surface area contributed by atoms with Gasteiger partial charge >= 0.3 is 6.03 Å². The molecule has 1 N–H and O–H groups in total. The van der Waals surface area contributed by atoms with Crippen molar-refractivity contribution in [3.05, 3.63) is 70.7 Å². The molecule has 1 saturated heterocycles. The van der Waals surface area contributed by atoms with Gasteiger partial charge in [0.05, 0.1) is 6.54 Å². The summed E-state index contributed by atoms with van der Waals surface area (Å²) in [5.74, 6) is -0.175. The van der Waals surface area contributed by atoms with Crippen LogP contribution in [0.15, 0.2) is 54.6 Å². The molecule has 4 nitrogen and oxygen atoms in total. The number of benzene rings is 2. The summed E-state index contributed by atoms with van der Waals surface area (Å²) in [6.45, 7) is 0.243. The van der Waals surface area contributed by atoms with E-state index in [0.717, 1.165) is 17.5 Å². The minimum atomic E-state index is -0.457. The summed E-state index contributed by atoms with van der Waals surface area (Å²) in [7, 11) is 0. The number of nitrogens with zero attached hydrogens (tertiary/aromatic N) is 1. The van der Waals surface area contributed by atoms with Crippen LogP contribution in [0.4, 0.5) is 4.79 Å². The first-order valence-corrected chi connectivity index (χ1v) is 7.91. The van der Waals surface area contributed by atoms with Gasteiger partial charge in [-0.1, -0.05) is 54.1 Å². The number of nitrogens with one attached hydrogen (secondary N) is 1. The molecule has 1 heterocycles. The van der Waals surface area contributed by atoms with E-state index in [9.17, 15) is 9.59 Å². The third-order valence-electron chi connectivity index (χ3n) is 3.90. The molecule has 0 aromatic heterocycles. The average Bonchev–Trinajstić information content (AvgIpc) is 2.82. The highest BCUT2D eigenvalue weighted by molar-refractivity contribution is 6.30. The Morgan fingerprint density at radius 3 is 2.48 bits per heavy atom. The summed E-state index contributed by atoms with van der Waals surface area (Å²) in [4.78, 5) is 25.7. The molecule has 0 unspecified atom stereocenters. The van der Waals surface area contributed by atoms with Gasteiger partial charge in [-0.3, -0.25) is 9.69 Å². The molecule has 1 aliphatic heterocycles. The second-order valence-electron chi connectivity index (χ2n) is 5.58. The summed E-state index contributed by atoms with van der Waals surface area (Å²) in [6, 6.07) is 16.3. The molecular formula is C18H17ClN2O2. The van der Waals surface area contributed by atoms with Crippen LogP contribution in [0.5, 0.6) is 0 Å². The highest BCUT2D eigenvalue weighted by Crippen LogP contribution is 2.18. The predicted molar refractivity (Wildman–Crippen MR) is 89.1 cm³/mol. The third-order valence-corrected chi connectivity index (χ3v) is 4.14. The largest absolute Gasteiger partial charge is 0.326 e. The summed E-state index contributed by atoms with van der Waals surface area (Å²) in [5, 5.41) is 3.36. The number of imide groups is 1. The SMILES string of the molecule is O=C1N[C@@H](CCc2ccccc2)C(=O)N1Cc1cccc(Cl)c1. The second kappa shape index (κ2) is 6.84. The number of urea groups is 1. The summed E-state index contributed by atoms with van der Waals surface area (Å²) in [6.07, 6.45) is 1.35. The third kappa shape index (κ3) is 3.71. The Hall–Kier alpha value is -2.33. The number of halogens is 1. The van der Waals surface area contributed by atoms with Crippen molar-refractivity contribution in [2.75, 3.05) is 0 Å². The number of hydrogen-bond donors (Lipinski definition) is 1. The van der Waals surface area contributed by atoms with Crippen molar-refractivity contribution in [3.8, 4) is 0 Å². The van der Waals surface area contributed by atoms with Crippen LogP contribution in [0.3, 0.4) is 0 Å². The van der Waals surface area contributed by atoms with E-state index in [-0.39, 0.29) is 18.5 Å². The van der Waals surface area contributed by atoms with Gasteiger partial charge in [0, 0.05) is 5.02 Å². The first kappa shape index (κ1) is 15.6. The Morgan fingerprint density at radius 2 is 1.74 bits per heavy atom. The Bertz CT molecular complexity index is 718. The van der Waals surface area contributed by atoms with E-state index >= 15 is 0 Å². The number of amides is 3. The minimum absolute atomic E-state index is 0.175. The molecule has 23 heavy (non-hydrogen) atoms. The van der Waals surface area contributed by atoms with Gasteiger partial charge in [0.1, 0.15) is 6.04 Å². The van der Waals surface area contributed by atoms with Crippen LogP contribution in [0.2, 0.25) is 5.02 Å². The smallest absolute Gasteiger partial charge is 0.325 e. The van der Waals surface area contributed by atoms with E-state index in [1.165, 1.54) is 4.90 Å². The van der Waals surface area contributed by atoms with Gasteiger partial charge in [0.25, 0.3) is 5.91 Å². The maximum absolute atomic E-state index is 12.4. The van der Waals surface area contributed by atoms with Crippen molar-refractivity contribution in [1.29, 1.82) is 0 Å². The summed E-state index contributed by atoms with van der Waals surface area (Å²) < 4.78 is 0. The average molecular weight is 329 g/mol. The van der Waals surface area contributed by atoms with Crippen molar-refractivity contribution >= 4 is 23.5 Å². The Balaban J connectivity index is 1.63. The molecule has 0 spiro atoms. The van der Waals surface area contributed by atoms with Crippen LogP contribution in [0.25, 0.3) is 0 Å². The molecule has 1 atom stereocenters. The van der Waals surface area contributed by atoms with Crippen LogP contribution >= 0.6 is 11.6 Å². The molecule has 0 bridgehead atoms. The second-order valence-corrected chi connectivity index (χ2v) is 6.02. The van der Waals surface area contributed by atoms with Crippen molar-refractivity contribution in [1.82, 2.24) is 10.2 Å². The topological polar surface area (TPSA) is 49.4 Å². The van der Waals surface area contributed by atoms with Gasteiger partial charge in [0.15, 0.2) is 0 Å². The fourth-order valence-corrected chi connectivity index (χ4v) is 2.91. The molecule has 2 aromatic carbocycles. The molecule has 3 rings (SSSR count). The molecule has 2 aromatic rings. The van der Waals surface area contributed by atoms with E-state index in [4.69, 9.17) is 11.6 Å². The van der Waals surface area contributed by atoms with Gasteiger partial charge < -0.3 is 5.32 Å². The van der Waals surface area contributed by atoms with Gasteiger partial charge in [-0.25, -0.2) is 4.79 Å². The molecule has 0 saturated carbocycles. The zero-order chi connectivity index (χ0) is 16.2. The predicted octanol–water partition coefficient (Wildman–Crippen LogP) is 3.39. The first-order chi connectivity index (χ1) is 11.1. The molecule has 0 aliphatic carbocycles. The Kier molecular flexibility index (Phi) is 4.63. The summed E-state index contributed by atoms with van der Waals surface area (Å²) >= 11 is 5.95. The van der Waals surface area contributed by atoms with Crippen LogP contribution in [-0.4, -0.2) is 22.9 Å². The van der Waals surface area contributed by atoms with Crippen LogP contribution in [-0.2, 0) is 17.8 Å². The van der Waals surface area contributed by atoms with Crippen molar-refractivity contribution < 1.29 is 9.59 Å². The molecule has 118 valence electrons. The van der Waals surface area contributed by atoms with E-state index in [1.54, 1.807) is 12.1 Å².